The van der Waals surface area contributed by atoms with Gasteiger partial charge in [0.25, 0.3) is 0 Å². The van der Waals surface area contributed by atoms with Crippen molar-refractivity contribution in [3.63, 3.8) is 0 Å². The first-order valence-corrected chi connectivity index (χ1v) is 9.47. The molecule has 0 radical (unpaired) electrons. The number of nitrogens with zero attached hydrogens (tertiary/aromatic N) is 3. The summed E-state index contributed by atoms with van der Waals surface area (Å²) in [5.41, 5.74) is 3.01. The molecule has 2 fully saturated rings. The van der Waals surface area contributed by atoms with Gasteiger partial charge < -0.3 is 15.1 Å². The molecule has 0 bridgehead atoms. The molecule has 134 valence electrons. The number of carbonyl (C=O) groups is 1. The first-order valence-electron chi connectivity index (χ1n) is 9.47. The number of anilines is 1. The highest BCUT2D eigenvalue weighted by molar-refractivity contribution is 6.00. The minimum atomic E-state index is 0.0400. The van der Waals surface area contributed by atoms with Crippen molar-refractivity contribution < 1.29 is 4.79 Å². The van der Waals surface area contributed by atoms with Gasteiger partial charge in [0.1, 0.15) is 6.54 Å². The van der Waals surface area contributed by atoms with Crippen LogP contribution < -0.4 is 10.2 Å². The van der Waals surface area contributed by atoms with Crippen molar-refractivity contribution in [3.8, 4) is 0 Å². The number of benzene rings is 1. The van der Waals surface area contributed by atoms with Gasteiger partial charge in [-0.25, -0.2) is 4.99 Å². The summed E-state index contributed by atoms with van der Waals surface area (Å²) in [6.07, 6.45) is 7.53. The Hall–Kier alpha value is -2.04. The largest absolute Gasteiger partial charge is 0.353 e. The molecule has 25 heavy (non-hydrogen) atoms. The van der Waals surface area contributed by atoms with Crippen LogP contribution in [0, 0.1) is 0 Å². The molecule has 1 heterocycles. The van der Waals surface area contributed by atoms with Crippen molar-refractivity contribution in [2.24, 2.45) is 4.99 Å². The van der Waals surface area contributed by atoms with Gasteiger partial charge in [-0.05, 0) is 37.3 Å². The highest BCUT2D eigenvalue weighted by Gasteiger charge is 2.46. The van der Waals surface area contributed by atoms with Crippen LogP contribution in [0.25, 0.3) is 0 Å². The SMILES string of the molecule is CN(C)C(=O)CN=C(NC1CC1)N1CC2(CCCC2)c2ccccc21. The summed E-state index contributed by atoms with van der Waals surface area (Å²) >= 11 is 0. The molecule has 0 saturated heterocycles. The van der Waals surface area contributed by atoms with Crippen molar-refractivity contribution in [1.82, 2.24) is 10.2 Å². The van der Waals surface area contributed by atoms with Gasteiger partial charge in [0.2, 0.25) is 5.91 Å². The average molecular weight is 340 g/mol. The number of guanidine groups is 1. The molecule has 0 aromatic heterocycles. The summed E-state index contributed by atoms with van der Waals surface area (Å²) in [6.45, 7) is 1.19. The van der Waals surface area contributed by atoms with Crippen molar-refractivity contribution in [1.29, 1.82) is 0 Å². The van der Waals surface area contributed by atoms with Gasteiger partial charge in [-0.3, -0.25) is 4.79 Å². The third kappa shape index (κ3) is 3.12. The second-order valence-corrected chi connectivity index (χ2v) is 7.94. The molecule has 4 rings (SSSR count). The summed E-state index contributed by atoms with van der Waals surface area (Å²) in [5, 5.41) is 3.58. The molecule has 5 nitrogen and oxygen atoms in total. The van der Waals surface area contributed by atoms with Gasteiger partial charge >= 0.3 is 0 Å². The summed E-state index contributed by atoms with van der Waals surface area (Å²) in [6, 6.07) is 9.28. The predicted molar refractivity (Wildman–Crippen MR) is 101 cm³/mol. The zero-order chi connectivity index (χ0) is 17.4. The normalized spacial score (nSPS) is 21.5. The zero-order valence-corrected chi connectivity index (χ0v) is 15.3. The third-order valence-corrected chi connectivity index (χ3v) is 5.82. The molecule has 1 spiro atoms. The van der Waals surface area contributed by atoms with Crippen LogP contribution in [-0.2, 0) is 10.2 Å². The maximum atomic E-state index is 12.0. The van der Waals surface area contributed by atoms with Crippen molar-refractivity contribution in [2.45, 2.75) is 50.0 Å². The highest BCUT2D eigenvalue weighted by atomic mass is 16.2. The molecule has 1 aromatic rings. The van der Waals surface area contributed by atoms with E-state index >= 15 is 0 Å². The lowest BCUT2D eigenvalue weighted by atomic mass is 9.81. The van der Waals surface area contributed by atoms with Crippen LogP contribution in [0.1, 0.15) is 44.1 Å². The molecule has 1 aromatic carbocycles. The Labute approximate surface area is 150 Å². The Bertz CT molecular complexity index is 687. The highest BCUT2D eigenvalue weighted by Crippen LogP contribution is 2.50. The van der Waals surface area contributed by atoms with Crippen molar-refractivity contribution in [3.05, 3.63) is 29.8 Å². The summed E-state index contributed by atoms with van der Waals surface area (Å²) < 4.78 is 0. The molecule has 2 saturated carbocycles. The van der Waals surface area contributed by atoms with Crippen LogP contribution in [0.3, 0.4) is 0 Å². The lowest BCUT2D eigenvalue weighted by molar-refractivity contribution is -0.127. The van der Waals surface area contributed by atoms with E-state index in [4.69, 9.17) is 4.99 Å². The predicted octanol–water partition coefficient (Wildman–Crippen LogP) is 2.51. The monoisotopic (exact) mass is 340 g/mol. The molecule has 1 amide bonds. The minimum absolute atomic E-state index is 0.0400. The van der Waals surface area contributed by atoms with Gasteiger partial charge in [0, 0.05) is 37.8 Å². The van der Waals surface area contributed by atoms with E-state index in [0.717, 1.165) is 12.5 Å². The lowest BCUT2D eigenvalue weighted by Crippen LogP contribution is -2.45. The molecule has 1 aliphatic heterocycles. The van der Waals surface area contributed by atoms with E-state index in [2.05, 4.69) is 34.5 Å². The number of aliphatic imine (C=N–C) groups is 1. The van der Waals surface area contributed by atoms with E-state index in [1.54, 1.807) is 19.0 Å². The zero-order valence-electron chi connectivity index (χ0n) is 15.3. The second kappa shape index (κ2) is 6.36. The molecule has 5 heteroatoms. The van der Waals surface area contributed by atoms with E-state index in [1.807, 2.05) is 0 Å². The molecular formula is C20H28N4O. The van der Waals surface area contributed by atoms with Crippen LogP contribution in [-0.4, -0.2) is 50.0 Å². The van der Waals surface area contributed by atoms with Crippen molar-refractivity contribution >= 4 is 17.6 Å². The summed E-state index contributed by atoms with van der Waals surface area (Å²) in [5.74, 6) is 0.923. The Morgan fingerprint density at radius 1 is 1.28 bits per heavy atom. The van der Waals surface area contributed by atoms with Crippen LogP contribution in [0.4, 0.5) is 5.69 Å². The quantitative estimate of drug-likeness (QED) is 0.679. The number of fused-ring (bicyclic) bond motifs is 2. The summed E-state index contributed by atoms with van der Waals surface area (Å²) in [7, 11) is 3.56. The number of amides is 1. The number of likely N-dealkylation sites (N-methyl/N-ethyl adjacent to an activating group) is 1. The van der Waals surface area contributed by atoms with Gasteiger partial charge in [0.15, 0.2) is 5.96 Å². The average Bonchev–Trinajstić information content (AvgIpc) is 3.21. The van der Waals surface area contributed by atoms with E-state index in [9.17, 15) is 4.79 Å². The van der Waals surface area contributed by atoms with Gasteiger partial charge in [-0.2, -0.15) is 0 Å². The van der Waals surface area contributed by atoms with Gasteiger partial charge in [-0.15, -0.1) is 0 Å². The molecule has 0 atom stereocenters. The van der Waals surface area contributed by atoms with Crippen LogP contribution in [0.2, 0.25) is 0 Å². The second-order valence-electron chi connectivity index (χ2n) is 7.94. The number of hydrogen-bond donors (Lipinski definition) is 1. The number of nitrogens with one attached hydrogen (secondary N) is 1. The number of para-hydroxylation sites is 1. The number of carbonyl (C=O) groups excluding carboxylic acids is 1. The first kappa shape index (κ1) is 16.4. The number of hydrogen-bond acceptors (Lipinski definition) is 2. The Balaban J connectivity index is 1.65. The molecule has 3 aliphatic rings. The fraction of sp³-hybridized carbons (Fsp3) is 0.600. The Kier molecular flexibility index (Phi) is 4.18. The lowest BCUT2D eigenvalue weighted by Gasteiger charge is -2.27. The topological polar surface area (TPSA) is 47.9 Å². The smallest absolute Gasteiger partial charge is 0.243 e. The van der Waals surface area contributed by atoms with Crippen LogP contribution >= 0.6 is 0 Å². The fourth-order valence-electron chi connectivity index (χ4n) is 4.20. The van der Waals surface area contributed by atoms with Crippen LogP contribution in [0.5, 0.6) is 0 Å². The maximum Gasteiger partial charge on any atom is 0.243 e. The summed E-state index contributed by atoms with van der Waals surface area (Å²) in [4.78, 5) is 20.7. The van der Waals surface area contributed by atoms with Gasteiger partial charge in [0.05, 0.1) is 0 Å². The standard InChI is InChI=1S/C20H28N4O/c1-23(2)18(25)13-21-19(22-15-9-10-15)24-14-20(11-5-6-12-20)16-7-3-4-8-17(16)24/h3-4,7-8,15H,5-6,9-14H2,1-2H3,(H,21,22). The van der Waals surface area contributed by atoms with E-state index in [0.29, 0.717) is 6.04 Å². The van der Waals surface area contributed by atoms with Crippen LogP contribution in [0.15, 0.2) is 29.3 Å². The molecule has 2 aliphatic carbocycles. The van der Waals surface area contributed by atoms with E-state index < -0.39 is 0 Å². The minimum Gasteiger partial charge on any atom is -0.353 e. The Morgan fingerprint density at radius 3 is 2.68 bits per heavy atom. The first-order chi connectivity index (χ1) is 12.1. The molecular weight excluding hydrogens is 312 g/mol. The third-order valence-electron chi connectivity index (χ3n) is 5.82. The van der Waals surface area contributed by atoms with Crippen molar-refractivity contribution in [2.75, 3.05) is 32.1 Å². The van der Waals surface area contributed by atoms with E-state index in [-0.39, 0.29) is 17.9 Å². The number of rotatable bonds is 3. The molecule has 0 unspecified atom stereocenters. The molecule has 1 N–H and O–H groups in total. The fourth-order valence-corrected chi connectivity index (χ4v) is 4.20. The Morgan fingerprint density at radius 2 is 2.00 bits per heavy atom. The maximum absolute atomic E-state index is 12.0. The van der Waals surface area contributed by atoms with E-state index in [1.165, 1.54) is 49.8 Å². The van der Waals surface area contributed by atoms with Gasteiger partial charge in [-0.1, -0.05) is 31.0 Å².